The van der Waals surface area contributed by atoms with Crippen molar-refractivity contribution < 1.29 is 0 Å². The van der Waals surface area contributed by atoms with Gasteiger partial charge in [-0.2, -0.15) is 10.5 Å². The molecule has 0 atom stereocenters. The molecular weight excluding hydrogens is 198 g/mol. The monoisotopic (exact) mass is 201 g/mol. The van der Waals surface area contributed by atoms with Gasteiger partial charge in [0.25, 0.3) is 0 Å². The summed E-state index contributed by atoms with van der Waals surface area (Å²) in [6, 6.07) is 7.17. The third-order valence-electron chi connectivity index (χ3n) is 2.01. The molecule has 0 saturated carbocycles. The number of hydrogen-bond acceptors (Lipinski definition) is 2. The van der Waals surface area contributed by atoms with Crippen LogP contribution in [0.4, 0.5) is 0 Å². The topological polar surface area (TPSA) is 63.4 Å². The molecule has 4 heteroatoms. The van der Waals surface area contributed by atoms with Crippen LogP contribution in [0.5, 0.6) is 0 Å². The predicted octanol–water partition coefficient (Wildman–Crippen LogP) is 2.56. The highest BCUT2D eigenvalue weighted by molar-refractivity contribution is 6.35. The van der Waals surface area contributed by atoms with Crippen LogP contribution >= 0.6 is 11.6 Å². The Hall–Kier alpha value is -1.97. The van der Waals surface area contributed by atoms with Crippen molar-refractivity contribution >= 4 is 22.5 Å². The molecule has 3 nitrogen and oxygen atoms in total. The highest BCUT2D eigenvalue weighted by Crippen LogP contribution is 2.25. The fourth-order valence-corrected chi connectivity index (χ4v) is 1.53. The maximum Gasteiger partial charge on any atom is 0.101 e. The van der Waals surface area contributed by atoms with E-state index in [0.717, 1.165) is 10.9 Å². The first kappa shape index (κ1) is 8.62. The number of benzene rings is 1. The van der Waals surface area contributed by atoms with Crippen LogP contribution in [0.3, 0.4) is 0 Å². The van der Waals surface area contributed by atoms with Gasteiger partial charge in [0.1, 0.15) is 12.1 Å². The predicted molar refractivity (Wildman–Crippen MR) is 52.7 cm³/mol. The Bertz CT molecular complexity index is 584. The van der Waals surface area contributed by atoms with Crippen LogP contribution in [0.2, 0.25) is 5.02 Å². The van der Waals surface area contributed by atoms with Gasteiger partial charge in [0.05, 0.1) is 16.1 Å². The maximum absolute atomic E-state index is 8.78. The van der Waals surface area contributed by atoms with E-state index in [2.05, 4.69) is 4.98 Å². The van der Waals surface area contributed by atoms with Gasteiger partial charge in [-0.05, 0) is 12.1 Å². The minimum absolute atomic E-state index is 0.349. The number of nitrogens with zero attached hydrogens (tertiary/aromatic N) is 2. The molecule has 0 fully saturated rings. The number of aromatic nitrogens is 1. The first-order chi connectivity index (χ1) is 6.76. The molecule has 0 unspecified atom stereocenters. The SMILES string of the molecule is N#Cc1cc2[nH]cc(Cl)c2cc1C#N. The van der Waals surface area contributed by atoms with E-state index in [1.807, 2.05) is 12.1 Å². The van der Waals surface area contributed by atoms with E-state index in [1.54, 1.807) is 18.3 Å². The summed E-state index contributed by atoms with van der Waals surface area (Å²) in [5.74, 6) is 0. The zero-order valence-corrected chi connectivity index (χ0v) is 7.76. The summed E-state index contributed by atoms with van der Waals surface area (Å²) in [6.45, 7) is 0. The molecule has 0 spiro atoms. The molecule has 0 amide bonds. The molecule has 1 aromatic carbocycles. The number of nitrogens with one attached hydrogen (secondary N) is 1. The summed E-state index contributed by atoms with van der Waals surface area (Å²) < 4.78 is 0. The Labute approximate surface area is 85.1 Å². The van der Waals surface area contributed by atoms with Gasteiger partial charge in [-0.25, -0.2) is 0 Å². The fraction of sp³-hybridized carbons (Fsp3) is 0. The summed E-state index contributed by atoms with van der Waals surface area (Å²) in [6.07, 6.45) is 1.63. The molecule has 1 N–H and O–H groups in total. The quantitative estimate of drug-likeness (QED) is 0.712. The Kier molecular flexibility index (Phi) is 1.89. The van der Waals surface area contributed by atoms with E-state index in [9.17, 15) is 0 Å². The minimum Gasteiger partial charge on any atom is -0.360 e. The molecule has 1 aromatic heterocycles. The molecule has 14 heavy (non-hydrogen) atoms. The molecule has 0 aliphatic heterocycles. The minimum atomic E-state index is 0.349. The second kappa shape index (κ2) is 3.06. The van der Waals surface area contributed by atoms with Crippen molar-refractivity contribution in [3.8, 4) is 12.1 Å². The van der Waals surface area contributed by atoms with Crippen LogP contribution in [0.1, 0.15) is 11.1 Å². The van der Waals surface area contributed by atoms with Gasteiger partial charge < -0.3 is 4.98 Å². The normalized spacial score (nSPS) is 9.64. The lowest BCUT2D eigenvalue weighted by atomic mass is 10.1. The van der Waals surface area contributed by atoms with Gasteiger partial charge in [-0.1, -0.05) is 11.6 Å². The zero-order chi connectivity index (χ0) is 10.1. The third-order valence-corrected chi connectivity index (χ3v) is 2.32. The Morgan fingerprint density at radius 2 is 1.79 bits per heavy atom. The molecule has 0 aliphatic rings. The summed E-state index contributed by atoms with van der Waals surface area (Å²) >= 11 is 5.87. The lowest BCUT2D eigenvalue weighted by Gasteiger charge is -1.95. The number of H-pyrrole nitrogens is 1. The lowest BCUT2D eigenvalue weighted by Crippen LogP contribution is -1.83. The Morgan fingerprint density at radius 3 is 2.43 bits per heavy atom. The van der Waals surface area contributed by atoms with Crippen LogP contribution in [0.25, 0.3) is 10.9 Å². The lowest BCUT2D eigenvalue weighted by molar-refractivity contribution is 1.43. The van der Waals surface area contributed by atoms with E-state index < -0.39 is 0 Å². The smallest absolute Gasteiger partial charge is 0.101 e. The van der Waals surface area contributed by atoms with Crippen LogP contribution in [0.15, 0.2) is 18.3 Å². The second-order valence-electron chi connectivity index (χ2n) is 2.80. The number of halogens is 1. The van der Waals surface area contributed by atoms with Crippen molar-refractivity contribution in [2.24, 2.45) is 0 Å². The second-order valence-corrected chi connectivity index (χ2v) is 3.21. The summed E-state index contributed by atoms with van der Waals surface area (Å²) in [5, 5.41) is 18.9. The first-order valence-electron chi connectivity index (χ1n) is 3.87. The Balaban J connectivity index is 2.88. The van der Waals surface area contributed by atoms with E-state index >= 15 is 0 Å². The average Bonchev–Trinajstić information content (AvgIpc) is 2.58. The van der Waals surface area contributed by atoms with E-state index in [4.69, 9.17) is 22.1 Å². The number of nitriles is 2. The highest BCUT2D eigenvalue weighted by atomic mass is 35.5. The van der Waals surface area contributed by atoms with Crippen molar-refractivity contribution in [3.63, 3.8) is 0 Å². The Morgan fingerprint density at radius 1 is 1.14 bits per heavy atom. The van der Waals surface area contributed by atoms with E-state index in [0.29, 0.717) is 16.1 Å². The molecule has 2 rings (SSSR count). The van der Waals surface area contributed by atoms with Crippen molar-refractivity contribution in [2.75, 3.05) is 0 Å². The van der Waals surface area contributed by atoms with E-state index in [1.165, 1.54) is 0 Å². The molecule has 0 saturated heterocycles. The van der Waals surface area contributed by atoms with Crippen LogP contribution in [-0.4, -0.2) is 4.98 Å². The number of aromatic amines is 1. The van der Waals surface area contributed by atoms with Gasteiger partial charge in [-0.3, -0.25) is 0 Å². The fourth-order valence-electron chi connectivity index (χ4n) is 1.32. The summed E-state index contributed by atoms with van der Waals surface area (Å²) in [4.78, 5) is 2.92. The molecular formula is C10H4ClN3. The largest absolute Gasteiger partial charge is 0.360 e. The third kappa shape index (κ3) is 1.12. The molecule has 0 radical (unpaired) electrons. The van der Waals surface area contributed by atoms with E-state index in [-0.39, 0.29) is 0 Å². The molecule has 1 heterocycles. The van der Waals surface area contributed by atoms with Gasteiger partial charge in [0.15, 0.2) is 0 Å². The number of hydrogen-bond donors (Lipinski definition) is 1. The van der Waals surface area contributed by atoms with Gasteiger partial charge >= 0.3 is 0 Å². The molecule has 2 aromatic rings. The molecule has 0 aliphatic carbocycles. The van der Waals surface area contributed by atoms with Crippen LogP contribution < -0.4 is 0 Å². The number of fused-ring (bicyclic) bond motifs is 1. The number of rotatable bonds is 0. The molecule has 0 bridgehead atoms. The standard InChI is InChI=1S/C10H4ClN3/c11-9-5-14-10-2-7(4-13)6(3-12)1-8(9)10/h1-2,5,14H. The van der Waals surface area contributed by atoms with Crippen LogP contribution in [-0.2, 0) is 0 Å². The van der Waals surface area contributed by atoms with Crippen molar-refractivity contribution in [2.45, 2.75) is 0 Å². The van der Waals surface area contributed by atoms with Gasteiger partial charge in [0, 0.05) is 17.1 Å². The molecule has 66 valence electrons. The highest BCUT2D eigenvalue weighted by Gasteiger charge is 2.07. The maximum atomic E-state index is 8.78. The first-order valence-corrected chi connectivity index (χ1v) is 4.25. The zero-order valence-electron chi connectivity index (χ0n) is 7.00. The van der Waals surface area contributed by atoms with Gasteiger partial charge in [-0.15, -0.1) is 0 Å². The average molecular weight is 202 g/mol. The van der Waals surface area contributed by atoms with Crippen molar-refractivity contribution in [3.05, 3.63) is 34.5 Å². The van der Waals surface area contributed by atoms with Crippen molar-refractivity contribution in [1.82, 2.24) is 4.98 Å². The summed E-state index contributed by atoms with van der Waals surface area (Å²) in [5.41, 5.74) is 1.48. The summed E-state index contributed by atoms with van der Waals surface area (Å²) in [7, 11) is 0. The van der Waals surface area contributed by atoms with Crippen LogP contribution in [0, 0.1) is 22.7 Å². The van der Waals surface area contributed by atoms with Crippen molar-refractivity contribution in [1.29, 1.82) is 10.5 Å². The van der Waals surface area contributed by atoms with Gasteiger partial charge in [0.2, 0.25) is 0 Å².